The van der Waals surface area contributed by atoms with Gasteiger partial charge in [0.25, 0.3) is 0 Å². The molecule has 9 heteroatoms. The Morgan fingerprint density at radius 3 is 2.24 bits per heavy atom. The van der Waals surface area contributed by atoms with Crippen molar-refractivity contribution in [2.45, 2.75) is 13.3 Å². The van der Waals surface area contributed by atoms with Crippen molar-refractivity contribution >= 4 is 52.1 Å². The number of ketones is 1. The highest BCUT2D eigenvalue weighted by Gasteiger charge is 2.15. The van der Waals surface area contributed by atoms with Gasteiger partial charge in [0, 0.05) is 24.0 Å². The number of nitrogens with zero attached hydrogens (tertiary/aromatic N) is 1. The van der Waals surface area contributed by atoms with Crippen LogP contribution in [0, 0.1) is 0 Å². The minimum Gasteiger partial charge on any atom is -0.347 e. The molecule has 0 rings (SSSR count). The number of Topliss-reactive ketones (excluding diaryl/α,β-unsaturated/α-hetero) is 1. The first-order chi connectivity index (χ1) is 9.90. The highest BCUT2D eigenvalue weighted by Crippen LogP contribution is 1.92. The average Bonchev–Trinajstić information content (AvgIpc) is 2.42. The van der Waals surface area contributed by atoms with Crippen LogP contribution in [0.25, 0.3) is 0 Å². The van der Waals surface area contributed by atoms with Crippen LogP contribution in [-0.2, 0) is 19.2 Å². The van der Waals surface area contributed by atoms with E-state index >= 15 is 0 Å². The zero-order chi connectivity index (χ0) is 16.3. The number of carbonyl (C=O) groups is 4. The smallest absolute Gasteiger partial charge is 0.242 e. The Balaban J connectivity index is 4.11. The first kappa shape index (κ1) is 19.9. The van der Waals surface area contributed by atoms with Crippen LogP contribution in [-0.4, -0.2) is 65.7 Å². The third-order valence-corrected chi connectivity index (χ3v) is 2.94. The second-order valence-electron chi connectivity index (χ2n) is 4.23. The van der Waals surface area contributed by atoms with Gasteiger partial charge in [-0.1, -0.05) is 15.9 Å². The Bertz CT molecular complexity index is 393. The van der Waals surface area contributed by atoms with E-state index < -0.39 is 5.91 Å². The summed E-state index contributed by atoms with van der Waals surface area (Å²) in [6, 6.07) is 0. The normalized spacial score (nSPS) is 9.86. The number of carbonyl (C=O) groups excluding carboxylic acids is 4. The van der Waals surface area contributed by atoms with E-state index in [1.54, 1.807) is 0 Å². The van der Waals surface area contributed by atoms with Crippen LogP contribution in [0.4, 0.5) is 0 Å². The third kappa shape index (κ3) is 10.3. The molecule has 2 N–H and O–H groups in total. The molecule has 0 radical (unpaired) electrons. The number of hydrogen-bond donors (Lipinski definition) is 3. The molecule has 0 aliphatic heterocycles. The highest BCUT2D eigenvalue weighted by molar-refractivity contribution is 9.09. The quantitative estimate of drug-likeness (QED) is 0.346. The van der Waals surface area contributed by atoms with Crippen molar-refractivity contribution in [1.82, 2.24) is 15.5 Å². The number of halogens is 1. The van der Waals surface area contributed by atoms with Gasteiger partial charge in [-0.3, -0.25) is 19.2 Å². The van der Waals surface area contributed by atoms with Gasteiger partial charge >= 0.3 is 0 Å². The lowest BCUT2D eigenvalue weighted by molar-refractivity contribution is -0.135. The van der Waals surface area contributed by atoms with Crippen LogP contribution in [0.2, 0.25) is 0 Å². The molecule has 3 amide bonds. The van der Waals surface area contributed by atoms with E-state index in [1.807, 2.05) is 0 Å². The molecule has 0 unspecified atom stereocenters. The summed E-state index contributed by atoms with van der Waals surface area (Å²) in [6.07, 6.45) is 0.278. The van der Waals surface area contributed by atoms with Crippen LogP contribution >= 0.6 is 28.6 Å². The largest absolute Gasteiger partial charge is 0.347 e. The first-order valence-corrected chi connectivity index (χ1v) is 8.13. The standard InChI is InChI=1S/C12H20BrN3O4S/c1-9(17)8-16(4-5-21)12(20)7-15-11(19)6-14-10(18)2-3-13/h21H,2-8H2,1H3,(H,14,18)(H,15,19). The minimum absolute atomic E-state index is 0.00273. The molecule has 0 heterocycles. The van der Waals surface area contributed by atoms with E-state index in [0.717, 1.165) is 0 Å². The van der Waals surface area contributed by atoms with Gasteiger partial charge < -0.3 is 15.5 Å². The molecule has 0 bridgehead atoms. The Morgan fingerprint density at radius 1 is 1.10 bits per heavy atom. The number of amides is 3. The number of nitrogens with one attached hydrogen (secondary N) is 2. The van der Waals surface area contributed by atoms with Gasteiger partial charge in [0.15, 0.2) is 0 Å². The summed E-state index contributed by atoms with van der Waals surface area (Å²) < 4.78 is 0. The van der Waals surface area contributed by atoms with E-state index in [4.69, 9.17) is 0 Å². The molecule has 0 saturated carbocycles. The molecule has 0 aliphatic rings. The number of rotatable bonds is 10. The first-order valence-electron chi connectivity index (χ1n) is 6.38. The third-order valence-electron chi connectivity index (χ3n) is 2.34. The van der Waals surface area contributed by atoms with Crippen molar-refractivity contribution in [3.8, 4) is 0 Å². The van der Waals surface area contributed by atoms with Crippen LogP contribution in [0.15, 0.2) is 0 Å². The zero-order valence-electron chi connectivity index (χ0n) is 11.9. The number of thiol groups is 1. The molecule has 0 aromatic heterocycles. The van der Waals surface area contributed by atoms with E-state index in [1.165, 1.54) is 11.8 Å². The maximum absolute atomic E-state index is 11.8. The maximum atomic E-state index is 11.8. The summed E-state index contributed by atoms with van der Waals surface area (Å²) in [5.74, 6) is -0.783. The Morgan fingerprint density at radius 2 is 1.71 bits per heavy atom. The second kappa shape index (κ2) is 11.6. The van der Waals surface area contributed by atoms with Gasteiger partial charge in [-0.05, 0) is 6.92 Å². The van der Waals surface area contributed by atoms with Crippen molar-refractivity contribution in [2.24, 2.45) is 0 Å². The monoisotopic (exact) mass is 381 g/mol. The van der Waals surface area contributed by atoms with Gasteiger partial charge in [0.1, 0.15) is 5.78 Å². The summed E-state index contributed by atoms with van der Waals surface area (Å²) in [6.45, 7) is 1.32. The van der Waals surface area contributed by atoms with E-state index in [2.05, 4.69) is 39.2 Å². The van der Waals surface area contributed by atoms with Gasteiger partial charge in [-0.15, -0.1) is 0 Å². The van der Waals surface area contributed by atoms with Crippen LogP contribution in [0.5, 0.6) is 0 Å². The molecule has 0 aliphatic carbocycles. The van der Waals surface area contributed by atoms with Crippen LogP contribution in [0.1, 0.15) is 13.3 Å². The molecule has 0 spiro atoms. The molecule has 0 saturated heterocycles. The van der Waals surface area contributed by atoms with E-state index in [9.17, 15) is 19.2 Å². The van der Waals surface area contributed by atoms with E-state index in [0.29, 0.717) is 17.6 Å². The molecule has 21 heavy (non-hydrogen) atoms. The van der Waals surface area contributed by atoms with Crippen molar-refractivity contribution in [3.05, 3.63) is 0 Å². The molecule has 0 fully saturated rings. The molecule has 0 aromatic carbocycles. The average molecular weight is 382 g/mol. The number of hydrogen-bond acceptors (Lipinski definition) is 5. The fraction of sp³-hybridized carbons (Fsp3) is 0.667. The molecule has 7 nitrogen and oxygen atoms in total. The Kier molecular flexibility index (Phi) is 11.0. The Hall–Kier alpha value is -1.09. The zero-order valence-corrected chi connectivity index (χ0v) is 14.3. The predicted octanol–water partition coefficient (Wildman–Crippen LogP) is -0.649. The van der Waals surface area contributed by atoms with Crippen molar-refractivity contribution in [3.63, 3.8) is 0 Å². The summed E-state index contributed by atoms with van der Waals surface area (Å²) in [5, 5.41) is 5.34. The van der Waals surface area contributed by atoms with Gasteiger partial charge in [-0.2, -0.15) is 12.6 Å². The summed E-state index contributed by atoms with van der Waals surface area (Å²) >= 11 is 7.13. The van der Waals surface area contributed by atoms with Crippen LogP contribution in [0.3, 0.4) is 0 Å². The lowest BCUT2D eigenvalue weighted by atomic mass is 10.3. The summed E-state index contributed by atoms with van der Waals surface area (Å²) in [5.41, 5.74) is 0. The molecule has 0 atom stereocenters. The van der Waals surface area contributed by atoms with Crippen LogP contribution < -0.4 is 10.6 Å². The van der Waals surface area contributed by atoms with Gasteiger partial charge in [0.2, 0.25) is 17.7 Å². The van der Waals surface area contributed by atoms with Crippen molar-refractivity contribution in [1.29, 1.82) is 0 Å². The van der Waals surface area contributed by atoms with Gasteiger partial charge in [-0.25, -0.2) is 0 Å². The van der Waals surface area contributed by atoms with E-state index in [-0.39, 0.29) is 43.7 Å². The molecule has 120 valence electrons. The van der Waals surface area contributed by atoms with Crippen molar-refractivity contribution in [2.75, 3.05) is 37.3 Å². The molecule has 0 aromatic rings. The highest BCUT2D eigenvalue weighted by atomic mass is 79.9. The molecular formula is C12H20BrN3O4S. The summed E-state index contributed by atoms with van der Waals surface area (Å²) in [4.78, 5) is 46.9. The van der Waals surface area contributed by atoms with Gasteiger partial charge in [0.05, 0.1) is 19.6 Å². The second-order valence-corrected chi connectivity index (χ2v) is 5.47. The maximum Gasteiger partial charge on any atom is 0.242 e. The lowest BCUT2D eigenvalue weighted by Gasteiger charge is -2.20. The fourth-order valence-electron chi connectivity index (χ4n) is 1.38. The number of alkyl halides is 1. The topological polar surface area (TPSA) is 95.6 Å². The van der Waals surface area contributed by atoms with Crippen molar-refractivity contribution < 1.29 is 19.2 Å². The predicted molar refractivity (Wildman–Crippen MR) is 85.5 cm³/mol. The fourth-order valence-corrected chi connectivity index (χ4v) is 1.98. The molecular weight excluding hydrogens is 362 g/mol. The summed E-state index contributed by atoms with van der Waals surface area (Å²) in [7, 11) is 0. The SMILES string of the molecule is CC(=O)CN(CCS)C(=O)CNC(=O)CNC(=O)CCBr. The minimum atomic E-state index is -0.458. The Labute approximate surface area is 137 Å². The lowest BCUT2D eigenvalue weighted by Crippen LogP contribution is -2.45.